The van der Waals surface area contributed by atoms with E-state index in [4.69, 9.17) is 0 Å². The molecule has 4 heteroatoms. The quantitative estimate of drug-likeness (QED) is 0.726. The molecule has 0 saturated carbocycles. The van der Waals surface area contributed by atoms with Crippen molar-refractivity contribution in [3.05, 3.63) is 0 Å². The van der Waals surface area contributed by atoms with Crippen molar-refractivity contribution in [2.24, 2.45) is 5.92 Å². The number of likely N-dealkylation sites (tertiary alicyclic amines) is 1. The van der Waals surface area contributed by atoms with Gasteiger partial charge in [0.15, 0.2) is 0 Å². The molecule has 0 aromatic carbocycles. The number of carbonyl (C=O) groups excluding carboxylic acids is 1. The summed E-state index contributed by atoms with van der Waals surface area (Å²) in [4.78, 5) is 18.4. The first-order chi connectivity index (χ1) is 7.90. The molecule has 2 atom stereocenters. The molecule has 0 aromatic rings. The number of hydrogen-bond donors (Lipinski definition) is 0. The van der Waals surface area contributed by atoms with E-state index in [0.717, 1.165) is 31.8 Å². The van der Waals surface area contributed by atoms with Gasteiger partial charge in [-0.05, 0) is 47.0 Å². The fourth-order valence-electron chi connectivity index (χ4n) is 2.54. The summed E-state index contributed by atoms with van der Waals surface area (Å²) in [5.74, 6) is 1.01. The van der Waals surface area contributed by atoms with Gasteiger partial charge in [-0.2, -0.15) is 0 Å². The molecule has 0 N–H and O–H groups in total. The molecule has 0 spiro atoms. The molecule has 1 heterocycles. The van der Waals surface area contributed by atoms with Crippen molar-refractivity contribution in [2.75, 3.05) is 47.8 Å². The summed E-state index contributed by atoms with van der Waals surface area (Å²) in [6.45, 7) is 4.71. The highest BCUT2D eigenvalue weighted by Crippen LogP contribution is 2.23. The van der Waals surface area contributed by atoms with Crippen LogP contribution in [0.4, 0.5) is 0 Å². The lowest BCUT2D eigenvalue weighted by atomic mass is 9.92. The second-order valence-electron chi connectivity index (χ2n) is 5.87. The second-order valence-corrected chi connectivity index (χ2v) is 5.87. The first-order valence-corrected chi connectivity index (χ1v) is 6.49. The van der Waals surface area contributed by atoms with Crippen LogP contribution in [0.3, 0.4) is 0 Å². The van der Waals surface area contributed by atoms with E-state index in [9.17, 15) is 4.79 Å². The van der Waals surface area contributed by atoms with Crippen LogP contribution in [0.1, 0.15) is 19.8 Å². The first kappa shape index (κ1) is 14.5. The Morgan fingerprint density at radius 1 is 1.24 bits per heavy atom. The summed E-state index contributed by atoms with van der Waals surface area (Å²) in [5.41, 5.74) is 0. The summed E-state index contributed by atoms with van der Waals surface area (Å²) in [6, 6.07) is 0.390. The minimum absolute atomic E-state index is 0.272. The largest absolute Gasteiger partial charge is 0.337 e. The fraction of sp³-hybridized carbons (Fsp3) is 0.923. The minimum Gasteiger partial charge on any atom is -0.337 e. The van der Waals surface area contributed by atoms with Crippen LogP contribution in [0.25, 0.3) is 0 Å². The number of piperidine rings is 1. The number of carbonyl (C=O) groups is 1. The molecule has 0 bridgehead atoms. The number of likely N-dealkylation sites (N-methyl/N-ethyl adjacent to an activating group) is 2. The minimum atomic E-state index is 0.272. The van der Waals surface area contributed by atoms with E-state index >= 15 is 0 Å². The molecule has 17 heavy (non-hydrogen) atoms. The Morgan fingerprint density at radius 2 is 1.88 bits per heavy atom. The van der Waals surface area contributed by atoms with Crippen molar-refractivity contribution < 1.29 is 4.79 Å². The lowest BCUT2D eigenvalue weighted by Gasteiger charge is -2.40. The summed E-state index contributed by atoms with van der Waals surface area (Å²) >= 11 is 0. The third kappa shape index (κ3) is 4.64. The van der Waals surface area contributed by atoms with Gasteiger partial charge in [-0.1, -0.05) is 6.92 Å². The topological polar surface area (TPSA) is 26.8 Å². The monoisotopic (exact) mass is 241 g/mol. The average Bonchev–Trinajstić information content (AvgIpc) is 2.15. The molecule has 1 aliphatic heterocycles. The summed E-state index contributed by atoms with van der Waals surface area (Å²) in [6.07, 6.45) is 2.28. The van der Waals surface area contributed by atoms with Gasteiger partial charge in [0.25, 0.3) is 0 Å². The van der Waals surface area contributed by atoms with Gasteiger partial charge in [-0.15, -0.1) is 0 Å². The third-order valence-corrected chi connectivity index (χ3v) is 3.33. The van der Waals surface area contributed by atoms with Gasteiger partial charge in [0.05, 0.1) is 6.54 Å². The Labute approximate surface area is 106 Å². The van der Waals surface area contributed by atoms with Crippen molar-refractivity contribution in [3.63, 3.8) is 0 Å². The lowest BCUT2D eigenvalue weighted by molar-refractivity contribution is -0.136. The van der Waals surface area contributed by atoms with Crippen LogP contribution in [0.15, 0.2) is 0 Å². The molecule has 1 saturated heterocycles. The van der Waals surface area contributed by atoms with Gasteiger partial charge in [-0.25, -0.2) is 0 Å². The molecule has 0 aromatic heterocycles. The lowest BCUT2D eigenvalue weighted by Crippen LogP contribution is -2.52. The molecular formula is C13H27N3O. The number of hydrogen-bond acceptors (Lipinski definition) is 3. The van der Waals surface area contributed by atoms with Crippen LogP contribution >= 0.6 is 0 Å². The van der Waals surface area contributed by atoms with Gasteiger partial charge in [0, 0.05) is 19.1 Å². The summed E-state index contributed by atoms with van der Waals surface area (Å²) < 4.78 is 0. The van der Waals surface area contributed by atoms with Gasteiger partial charge < -0.3 is 14.7 Å². The Bertz CT molecular complexity index is 251. The normalized spacial score (nSPS) is 25.7. The molecule has 1 aliphatic rings. The molecule has 0 radical (unpaired) electrons. The molecule has 2 unspecified atom stereocenters. The molecule has 100 valence electrons. The zero-order chi connectivity index (χ0) is 13.0. The zero-order valence-corrected chi connectivity index (χ0v) is 11.9. The van der Waals surface area contributed by atoms with E-state index in [2.05, 4.69) is 30.8 Å². The summed E-state index contributed by atoms with van der Waals surface area (Å²) in [7, 11) is 8.05. The zero-order valence-electron chi connectivity index (χ0n) is 11.9. The maximum Gasteiger partial charge on any atom is 0.237 e. The van der Waals surface area contributed by atoms with Gasteiger partial charge in [0.1, 0.15) is 0 Å². The smallest absolute Gasteiger partial charge is 0.237 e. The molecular weight excluding hydrogens is 214 g/mol. The predicted octanol–water partition coefficient (Wildman–Crippen LogP) is 0.737. The van der Waals surface area contributed by atoms with E-state index < -0.39 is 0 Å². The van der Waals surface area contributed by atoms with E-state index in [1.54, 1.807) is 0 Å². The van der Waals surface area contributed by atoms with Crippen molar-refractivity contribution >= 4 is 5.91 Å². The highest BCUT2D eigenvalue weighted by Gasteiger charge is 2.29. The van der Waals surface area contributed by atoms with Crippen LogP contribution in [0.2, 0.25) is 0 Å². The van der Waals surface area contributed by atoms with Crippen LogP contribution in [-0.4, -0.2) is 74.5 Å². The fourth-order valence-corrected chi connectivity index (χ4v) is 2.54. The van der Waals surface area contributed by atoms with Gasteiger partial charge >= 0.3 is 0 Å². The van der Waals surface area contributed by atoms with Crippen molar-refractivity contribution in [1.82, 2.24) is 14.7 Å². The Balaban J connectivity index is 2.62. The van der Waals surface area contributed by atoms with Crippen molar-refractivity contribution in [1.29, 1.82) is 0 Å². The standard InChI is InChI=1S/C13H27N3O/c1-11-6-7-16(13(17)10-15(4)5)12(8-11)9-14(2)3/h11-12H,6-10H2,1-5H3. The van der Waals surface area contributed by atoms with Crippen LogP contribution in [0, 0.1) is 5.92 Å². The highest BCUT2D eigenvalue weighted by atomic mass is 16.2. The highest BCUT2D eigenvalue weighted by molar-refractivity contribution is 5.78. The molecule has 1 amide bonds. The molecule has 0 aliphatic carbocycles. The van der Waals surface area contributed by atoms with E-state index in [-0.39, 0.29) is 5.91 Å². The molecule has 1 fully saturated rings. The van der Waals surface area contributed by atoms with Crippen LogP contribution < -0.4 is 0 Å². The number of nitrogens with zero attached hydrogens (tertiary/aromatic N) is 3. The van der Waals surface area contributed by atoms with Crippen LogP contribution in [-0.2, 0) is 4.79 Å². The third-order valence-electron chi connectivity index (χ3n) is 3.33. The van der Waals surface area contributed by atoms with E-state index in [1.165, 1.54) is 0 Å². The molecule has 1 rings (SSSR count). The van der Waals surface area contributed by atoms with Crippen LogP contribution in [0.5, 0.6) is 0 Å². The van der Waals surface area contributed by atoms with Crippen molar-refractivity contribution in [2.45, 2.75) is 25.8 Å². The predicted molar refractivity (Wildman–Crippen MR) is 71.0 cm³/mol. The Kier molecular flexibility index (Phi) is 5.40. The maximum absolute atomic E-state index is 12.2. The van der Waals surface area contributed by atoms with Crippen molar-refractivity contribution in [3.8, 4) is 0 Å². The van der Waals surface area contributed by atoms with E-state index in [0.29, 0.717) is 12.6 Å². The SMILES string of the molecule is CC1CCN(C(=O)CN(C)C)C(CN(C)C)C1. The van der Waals surface area contributed by atoms with Gasteiger partial charge in [-0.3, -0.25) is 4.79 Å². The molecule has 4 nitrogen and oxygen atoms in total. The average molecular weight is 241 g/mol. The second kappa shape index (κ2) is 6.36. The van der Waals surface area contributed by atoms with Gasteiger partial charge in [0.2, 0.25) is 5.91 Å². The summed E-state index contributed by atoms with van der Waals surface area (Å²) in [5, 5.41) is 0. The Morgan fingerprint density at radius 3 is 2.41 bits per heavy atom. The van der Waals surface area contributed by atoms with E-state index in [1.807, 2.05) is 19.0 Å². The maximum atomic E-state index is 12.2. The number of rotatable bonds is 4. The Hall–Kier alpha value is -0.610. The first-order valence-electron chi connectivity index (χ1n) is 6.49. The number of amides is 1.